The Morgan fingerprint density at radius 1 is 1.28 bits per heavy atom. The molecule has 5 nitrogen and oxygen atoms in total. The van der Waals surface area contributed by atoms with Gasteiger partial charge in [-0.1, -0.05) is 0 Å². The molecule has 0 radical (unpaired) electrons. The van der Waals surface area contributed by atoms with Crippen molar-refractivity contribution in [1.29, 1.82) is 0 Å². The highest BCUT2D eigenvalue weighted by atomic mass is 16.5. The second-order valence-corrected chi connectivity index (χ2v) is 5.64. The van der Waals surface area contributed by atoms with E-state index in [2.05, 4.69) is 0 Å². The fourth-order valence-corrected chi connectivity index (χ4v) is 2.37. The zero-order chi connectivity index (χ0) is 13.8. The number of likely N-dealkylation sites (N-methyl/N-ethyl adjacent to an activating group) is 1. The Morgan fingerprint density at radius 2 is 1.83 bits per heavy atom. The van der Waals surface area contributed by atoms with Gasteiger partial charge in [0, 0.05) is 19.6 Å². The van der Waals surface area contributed by atoms with Crippen molar-refractivity contribution in [2.75, 3.05) is 40.3 Å². The molecule has 18 heavy (non-hydrogen) atoms. The maximum atomic E-state index is 11.9. The lowest BCUT2D eigenvalue weighted by Gasteiger charge is -2.28. The first-order chi connectivity index (χ1) is 8.36. The average molecular weight is 256 g/mol. The summed E-state index contributed by atoms with van der Waals surface area (Å²) < 4.78 is 4.76. The summed E-state index contributed by atoms with van der Waals surface area (Å²) in [4.78, 5) is 27.3. The molecule has 0 aromatic heterocycles. The molecule has 1 amide bonds. The number of likely N-dealkylation sites (tertiary alicyclic amines) is 1. The summed E-state index contributed by atoms with van der Waals surface area (Å²) in [6.45, 7) is 6.27. The molecule has 1 aliphatic rings. The van der Waals surface area contributed by atoms with E-state index in [0.29, 0.717) is 13.1 Å². The van der Waals surface area contributed by atoms with Gasteiger partial charge in [0.2, 0.25) is 5.91 Å². The van der Waals surface area contributed by atoms with Crippen molar-refractivity contribution in [2.45, 2.75) is 26.7 Å². The topological polar surface area (TPSA) is 49.9 Å². The number of esters is 1. The van der Waals surface area contributed by atoms with E-state index in [0.717, 1.165) is 25.9 Å². The molecule has 0 aromatic rings. The van der Waals surface area contributed by atoms with Crippen LogP contribution in [-0.4, -0.2) is 62.0 Å². The van der Waals surface area contributed by atoms with Crippen LogP contribution in [0.2, 0.25) is 0 Å². The van der Waals surface area contributed by atoms with Crippen molar-refractivity contribution in [3.8, 4) is 0 Å². The van der Waals surface area contributed by atoms with Crippen LogP contribution in [0.25, 0.3) is 0 Å². The fraction of sp³-hybridized carbons (Fsp3) is 0.846. The normalized spacial score (nSPS) is 16.2. The predicted molar refractivity (Wildman–Crippen MR) is 69.1 cm³/mol. The summed E-state index contributed by atoms with van der Waals surface area (Å²) in [5.41, 5.74) is -0.589. The third-order valence-corrected chi connectivity index (χ3v) is 3.27. The van der Waals surface area contributed by atoms with Crippen LogP contribution in [0.4, 0.5) is 0 Å². The highest BCUT2D eigenvalue weighted by Gasteiger charge is 2.31. The van der Waals surface area contributed by atoms with Gasteiger partial charge >= 0.3 is 5.97 Å². The van der Waals surface area contributed by atoms with E-state index in [1.165, 1.54) is 7.11 Å². The predicted octanol–water partition coefficient (Wildman–Crippen LogP) is 0.740. The summed E-state index contributed by atoms with van der Waals surface area (Å²) in [6.07, 6.45) is 2.20. The third kappa shape index (κ3) is 3.98. The van der Waals surface area contributed by atoms with Crippen molar-refractivity contribution in [1.82, 2.24) is 9.80 Å². The van der Waals surface area contributed by atoms with Crippen LogP contribution < -0.4 is 0 Å². The summed E-state index contributed by atoms with van der Waals surface area (Å²) in [5, 5.41) is 0. The Bertz CT molecular complexity index is 309. The Labute approximate surface area is 109 Å². The number of ether oxygens (including phenoxy) is 1. The van der Waals surface area contributed by atoms with Gasteiger partial charge in [-0.15, -0.1) is 0 Å². The molecule has 1 rings (SSSR count). The van der Waals surface area contributed by atoms with E-state index in [4.69, 9.17) is 4.74 Å². The number of hydrogen-bond acceptors (Lipinski definition) is 4. The van der Waals surface area contributed by atoms with E-state index in [-0.39, 0.29) is 11.9 Å². The van der Waals surface area contributed by atoms with Gasteiger partial charge in [0.1, 0.15) is 0 Å². The third-order valence-electron chi connectivity index (χ3n) is 3.27. The maximum absolute atomic E-state index is 11.9. The van der Waals surface area contributed by atoms with Crippen LogP contribution in [-0.2, 0) is 14.3 Å². The molecule has 104 valence electrons. The van der Waals surface area contributed by atoms with Crippen LogP contribution in [0.15, 0.2) is 0 Å². The monoisotopic (exact) mass is 256 g/mol. The molecule has 0 bridgehead atoms. The molecule has 1 saturated heterocycles. The first-order valence-corrected chi connectivity index (χ1v) is 6.41. The Balaban J connectivity index is 2.43. The van der Waals surface area contributed by atoms with Crippen molar-refractivity contribution in [3.05, 3.63) is 0 Å². The van der Waals surface area contributed by atoms with E-state index in [9.17, 15) is 9.59 Å². The molecule has 0 aromatic carbocycles. The van der Waals surface area contributed by atoms with Crippen molar-refractivity contribution in [2.24, 2.45) is 5.41 Å². The number of amides is 1. The molecule has 0 atom stereocenters. The Morgan fingerprint density at radius 3 is 2.33 bits per heavy atom. The number of rotatable bonds is 5. The van der Waals surface area contributed by atoms with Crippen LogP contribution >= 0.6 is 0 Å². The number of methoxy groups -OCH3 is 1. The lowest BCUT2D eigenvalue weighted by molar-refractivity contribution is -0.152. The summed E-state index contributed by atoms with van der Waals surface area (Å²) in [6, 6.07) is 0. The molecule has 0 N–H and O–H groups in total. The van der Waals surface area contributed by atoms with E-state index >= 15 is 0 Å². The molecular weight excluding hydrogens is 232 g/mol. The minimum absolute atomic E-state index is 0.149. The first-order valence-electron chi connectivity index (χ1n) is 6.41. The molecule has 5 heteroatoms. The zero-order valence-electron chi connectivity index (χ0n) is 11.9. The van der Waals surface area contributed by atoms with Crippen LogP contribution in [0.1, 0.15) is 26.7 Å². The summed E-state index contributed by atoms with van der Waals surface area (Å²) >= 11 is 0. The van der Waals surface area contributed by atoms with Gasteiger partial charge in [0.05, 0.1) is 19.1 Å². The molecular formula is C13H24N2O3. The molecule has 0 unspecified atom stereocenters. The second-order valence-electron chi connectivity index (χ2n) is 5.64. The lowest BCUT2D eigenvalue weighted by Crippen LogP contribution is -2.43. The van der Waals surface area contributed by atoms with Crippen LogP contribution in [0.3, 0.4) is 0 Å². The summed E-state index contributed by atoms with van der Waals surface area (Å²) in [7, 11) is 3.25. The van der Waals surface area contributed by atoms with Crippen LogP contribution in [0, 0.1) is 5.41 Å². The fourth-order valence-electron chi connectivity index (χ4n) is 2.37. The smallest absolute Gasteiger partial charge is 0.312 e. The highest BCUT2D eigenvalue weighted by molar-refractivity contribution is 5.79. The second kappa shape index (κ2) is 6.18. The lowest BCUT2D eigenvalue weighted by atomic mass is 9.93. The number of nitrogens with zero attached hydrogens (tertiary/aromatic N) is 2. The molecule has 0 saturated carbocycles. The van der Waals surface area contributed by atoms with Gasteiger partial charge < -0.3 is 9.64 Å². The summed E-state index contributed by atoms with van der Waals surface area (Å²) in [5.74, 6) is -0.0985. The maximum Gasteiger partial charge on any atom is 0.312 e. The zero-order valence-corrected chi connectivity index (χ0v) is 11.9. The number of hydrogen-bond donors (Lipinski definition) is 0. The standard InChI is InChI=1S/C13H24N2O3/c1-13(2,12(17)18-4)10-14(3)9-11(16)15-7-5-6-8-15/h5-10H2,1-4H3. The molecule has 0 spiro atoms. The highest BCUT2D eigenvalue weighted by Crippen LogP contribution is 2.18. The molecule has 1 aliphatic heterocycles. The van der Waals surface area contributed by atoms with Crippen molar-refractivity contribution in [3.63, 3.8) is 0 Å². The molecule has 1 heterocycles. The molecule has 0 aliphatic carbocycles. The Kier molecular flexibility index (Phi) is 5.14. The van der Waals surface area contributed by atoms with Crippen LogP contribution in [0.5, 0.6) is 0 Å². The minimum Gasteiger partial charge on any atom is -0.469 e. The Hall–Kier alpha value is -1.10. The van der Waals surface area contributed by atoms with E-state index in [1.54, 1.807) is 0 Å². The van der Waals surface area contributed by atoms with Gasteiger partial charge in [-0.25, -0.2) is 0 Å². The first kappa shape index (κ1) is 15.0. The average Bonchev–Trinajstić information content (AvgIpc) is 2.80. The van der Waals surface area contributed by atoms with Gasteiger partial charge in [0.25, 0.3) is 0 Å². The largest absolute Gasteiger partial charge is 0.469 e. The van der Waals surface area contributed by atoms with Gasteiger partial charge in [-0.05, 0) is 33.7 Å². The number of carbonyl (C=O) groups is 2. The number of carbonyl (C=O) groups excluding carboxylic acids is 2. The van der Waals surface area contributed by atoms with E-state index < -0.39 is 5.41 Å². The van der Waals surface area contributed by atoms with Gasteiger partial charge in [-0.3, -0.25) is 14.5 Å². The quantitative estimate of drug-likeness (QED) is 0.681. The van der Waals surface area contributed by atoms with Gasteiger partial charge in [-0.2, -0.15) is 0 Å². The molecule has 1 fully saturated rings. The van der Waals surface area contributed by atoms with Gasteiger partial charge in [0.15, 0.2) is 0 Å². The van der Waals surface area contributed by atoms with E-state index in [1.807, 2.05) is 30.7 Å². The van der Waals surface area contributed by atoms with Crippen molar-refractivity contribution >= 4 is 11.9 Å². The minimum atomic E-state index is -0.589. The SMILES string of the molecule is COC(=O)C(C)(C)CN(C)CC(=O)N1CCCC1. The van der Waals surface area contributed by atoms with Crippen molar-refractivity contribution < 1.29 is 14.3 Å².